The molecule has 0 saturated carbocycles. The fourth-order valence-electron chi connectivity index (χ4n) is 3.94. The number of aryl methyl sites for hydroxylation is 4. The Bertz CT molecular complexity index is 1170. The fourth-order valence-corrected chi connectivity index (χ4v) is 6.08. The monoisotopic (exact) mass is 408 g/mol. The number of thiazole rings is 2. The lowest BCUT2D eigenvalue weighted by Gasteiger charge is -2.34. The lowest BCUT2D eigenvalue weighted by atomic mass is 10.1. The number of nitrogens with zero attached hydrogens (tertiary/aromatic N) is 4. The van der Waals surface area contributed by atoms with E-state index in [2.05, 4.69) is 61.8 Å². The number of aromatic nitrogens is 2. The normalized spacial score (nSPS) is 15.1. The molecule has 2 aromatic carbocycles. The average Bonchev–Trinajstić information content (AvgIpc) is 3.30. The molecule has 0 unspecified atom stereocenters. The predicted octanol–water partition coefficient (Wildman–Crippen LogP) is 5.47. The van der Waals surface area contributed by atoms with Crippen molar-refractivity contribution in [2.45, 2.75) is 27.7 Å². The van der Waals surface area contributed by atoms with Gasteiger partial charge in [-0.15, -0.1) is 0 Å². The van der Waals surface area contributed by atoms with Gasteiger partial charge in [0.15, 0.2) is 10.3 Å². The maximum atomic E-state index is 4.96. The third kappa shape index (κ3) is 2.95. The maximum Gasteiger partial charge on any atom is 0.186 e. The highest BCUT2D eigenvalue weighted by Gasteiger charge is 2.23. The van der Waals surface area contributed by atoms with Crippen molar-refractivity contribution in [1.82, 2.24) is 9.97 Å². The highest BCUT2D eigenvalue weighted by atomic mass is 32.1. The van der Waals surface area contributed by atoms with Gasteiger partial charge in [-0.25, -0.2) is 9.97 Å². The van der Waals surface area contributed by atoms with Gasteiger partial charge < -0.3 is 9.80 Å². The zero-order chi connectivity index (χ0) is 19.4. The summed E-state index contributed by atoms with van der Waals surface area (Å²) in [6, 6.07) is 8.86. The van der Waals surface area contributed by atoms with Crippen LogP contribution >= 0.6 is 22.7 Å². The molecule has 144 valence electrons. The Hall–Kier alpha value is -2.18. The van der Waals surface area contributed by atoms with Gasteiger partial charge in [0.2, 0.25) is 0 Å². The number of rotatable bonds is 2. The van der Waals surface area contributed by atoms with Crippen LogP contribution in [0.4, 0.5) is 10.3 Å². The second-order valence-corrected chi connectivity index (χ2v) is 9.74. The third-order valence-electron chi connectivity index (χ3n) is 5.70. The maximum absolute atomic E-state index is 4.96. The molecule has 3 heterocycles. The minimum Gasteiger partial charge on any atom is -0.345 e. The highest BCUT2D eigenvalue weighted by molar-refractivity contribution is 7.22. The molecule has 0 amide bonds. The summed E-state index contributed by atoms with van der Waals surface area (Å²) in [5.41, 5.74) is 7.54. The van der Waals surface area contributed by atoms with Gasteiger partial charge in [0, 0.05) is 26.2 Å². The minimum absolute atomic E-state index is 0.992. The molecule has 4 nitrogen and oxygen atoms in total. The summed E-state index contributed by atoms with van der Waals surface area (Å²) in [6.45, 7) is 12.6. The molecule has 1 fully saturated rings. The number of fused-ring (bicyclic) bond motifs is 2. The first-order valence-corrected chi connectivity index (χ1v) is 11.4. The first-order valence-electron chi connectivity index (χ1n) is 9.74. The number of anilines is 2. The number of hydrogen-bond acceptors (Lipinski definition) is 6. The smallest absolute Gasteiger partial charge is 0.186 e. The van der Waals surface area contributed by atoms with E-state index in [1.807, 2.05) is 22.7 Å². The topological polar surface area (TPSA) is 32.3 Å². The second kappa shape index (κ2) is 6.71. The molecular weight excluding hydrogens is 384 g/mol. The molecular formula is C22H24N4S2. The van der Waals surface area contributed by atoms with Crippen molar-refractivity contribution in [3.63, 3.8) is 0 Å². The SMILES string of the molecule is Cc1cc(C)c2sc(N3CCN(c4nc5c(C)c(C)ccc5s4)CC3)nc2c1. The zero-order valence-corrected chi connectivity index (χ0v) is 18.4. The molecule has 6 heteroatoms. The van der Waals surface area contributed by atoms with Crippen molar-refractivity contribution in [2.24, 2.45) is 0 Å². The summed E-state index contributed by atoms with van der Waals surface area (Å²) in [6.07, 6.45) is 0. The molecule has 0 atom stereocenters. The second-order valence-electron chi connectivity index (χ2n) is 7.75. The van der Waals surface area contributed by atoms with Gasteiger partial charge >= 0.3 is 0 Å². The van der Waals surface area contributed by atoms with Crippen molar-refractivity contribution >= 4 is 53.4 Å². The van der Waals surface area contributed by atoms with E-state index in [0.717, 1.165) is 42.0 Å². The summed E-state index contributed by atoms with van der Waals surface area (Å²) >= 11 is 3.64. The van der Waals surface area contributed by atoms with Gasteiger partial charge in [-0.2, -0.15) is 0 Å². The van der Waals surface area contributed by atoms with Gasteiger partial charge in [0.25, 0.3) is 0 Å². The van der Waals surface area contributed by atoms with Crippen molar-refractivity contribution < 1.29 is 0 Å². The van der Waals surface area contributed by atoms with E-state index >= 15 is 0 Å². The van der Waals surface area contributed by atoms with Crippen LogP contribution < -0.4 is 9.80 Å². The molecule has 1 aliphatic rings. The fraction of sp³-hybridized carbons (Fsp3) is 0.364. The van der Waals surface area contributed by atoms with E-state index in [4.69, 9.17) is 9.97 Å². The summed E-state index contributed by atoms with van der Waals surface area (Å²) < 4.78 is 2.61. The van der Waals surface area contributed by atoms with Crippen LogP contribution in [0.5, 0.6) is 0 Å². The Morgan fingerprint density at radius 3 is 2.18 bits per heavy atom. The average molecular weight is 409 g/mol. The molecule has 28 heavy (non-hydrogen) atoms. The lowest BCUT2D eigenvalue weighted by Crippen LogP contribution is -2.46. The summed E-state index contributed by atoms with van der Waals surface area (Å²) in [7, 11) is 0. The first kappa shape index (κ1) is 17.9. The van der Waals surface area contributed by atoms with Gasteiger partial charge in [-0.3, -0.25) is 0 Å². The van der Waals surface area contributed by atoms with Crippen LogP contribution in [-0.2, 0) is 0 Å². The van der Waals surface area contributed by atoms with Gasteiger partial charge in [0.05, 0.1) is 20.4 Å². The Morgan fingerprint density at radius 2 is 1.46 bits per heavy atom. The largest absolute Gasteiger partial charge is 0.345 e. The van der Waals surface area contributed by atoms with E-state index in [1.165, 1.54) is 37.2 Å². The van der Waals surface area contributed by atoms with Crippen LogP contribution in [-0.4, -0.2) is 36.1 Å². The number of benzene rings is 2. The zero-order valence-electron chi connectivity index (χ0n) is 16.7. The molecule has 0 spiro atoms. The predicted molar refractivity (Wildman–Crippen MR) is 123 cm³/mol. The molecule has 1 saturated heterocycles. The number of hydrogen-bond donors (Lipinski definition) is 0. The summed E-state index contributed by atoms with van der Waals surface area (Å²) in [5.74, 6) is 0. The Balaban J connectivity index is 1.36. The van der Waals surface area contributed by atoms with E-state index < -0.39 is 0 Å². The Morgan fingerprint density at radius 1 is 0.786 bits per heavy atom. The van der Waals surface area contributed by atoms with Crippen LogP contribution in [0.3, 0.4) is 0 Å². The quantitative estimate of drug-likeness (QED) is 0.440. The van der Waals surface area contributed by atoms with Crippen molar-refractivity contribution in [3.05, 3.63) is 46.5 Å². The van der Waals surface area contributed by atoms with E-state index in [0.29, 0.717) is 0 Å². The van der Waals surface area contributed by atoms with E-state index in [1.54, 1.807) is 0 Å². The molecule has 1 aliphatic heterocycles. The molecule has 4 aromatic rings. The van der Waals surface area contributed by atoms with Crippen LogP contribution in [0.15, 0.2) is 24.3 Å². The van der Waals surface area contributed by atoms with Crippen molar-refractivity contribution in [1.29, 1.82) is 0 Å². The standard InChI is InChI=1S/C22H24N4S2/c1-13-11-15(3)20-17(12-13)23-21(28-20)25-7-9-26(10-8-25)22-24-19-16(4)14(2)5-6-18(19)27-22/h5-6,11-12H,7-10H2,1-4H3. The van der Waals surface area contributed by atoms with Gasteiger partial charge in [-0.1, -0.05) is 34.8 Å². The van der Waals surface area contributed by atoms with Crippen LogP contribution in [0.1, 0.15) is 22.3 Å². The lowest BCUT2D eigenvalue weighted by molar-refractivity contribution is 0.651. The Labute approximate surface area is 173 Å². The van der Waals surface area contributed by atoms with E-state index in [9.17, 15) is 0 Å². The molecule has 0 radical (unpaired) electrons. The van der Waals surface area contributed by atoms with E-state index in [-0.39, 0.29) is 0 Å². The van der Waals surface area contributed by atoms with Crippen LogP contribution in [0, 0.1) is 27.7 Å². The van der Waals surface area contributed by atoms with Crippen molar-refractivity contribution in [2.75, 3.05) is 36.0 Å². The molecule has 5 rings (SSSR count). The van der Waals surface area contributed by atoms with Gasteiger partial charge in [0.1, 0.15) is 0 Å². The summed E-state index contributed by atoms with van der Waals surface area (Å²) in [5, 5.41) is 2.30. The first-order chi connectivity index (χ1) is 13.5. The van der Waals surface area contributed by atoms with Crippen LogP contribution in [0.25, 0.3) is 20.4 Å². The van der Waals surface area contributed by atoms with Gasteiger partial charge in [-0.05, 0) is 62.1 Å². The number of piperazine rings is 1. The summed E-state index contributed by atoms with van der Waals surface area (Å²) in [4.78, 5) is 14.7. The van der Waals surface area contributed by atoms with Crippen LogP contribution in [0.2, 0.25) is 0 Å². The minimum atomic E-state index is 0.992. The third-order valence-corrected chi connectivity index (χ3v) is 8.05. The molecule has 0 bridgehead atoms. The molecule has 2 aromatic heterocycles. The Kier molecular flexibility index (Phi) is 4.29. The highest BCUT2D eigenvalue weighted by Crippen LogP contribution is 2.35. The van der Waals surface area contributed by atoms with Crippen molar-refractivity contribution in [3.8, 4) is 0 Å². The molecule has 0 N–H and O–H groups in total. The molecule has 0 aliphatic carbocycles.